The highest BCUT2D eigenvalue weighted by Crippen LogP contribution is 2.55. The van der Waals surface area contributed by atoms with Crippen LogP contribution in [0, 0.1) is 0 Å². The highest BCUT2D eigenvalue weighted by atomic mass is 15.3. The summed E-state index contributed by atoms with van der Waals surface area (Å²) < 4.78 is 0. The molecular formula is C22H24N4. The fourth-order valence-corrected chi connectivity index (χ4v) is 4.17. The van der Waals surface area contributed by atoms with Gasteiger partial charge >= 0.3 is 0 Å². The lowest BCUT2D eigenvalue weighted by Gasteiger charge is -2.50. The van der Waals surface area contributed by atoms with Gasteiger partial charge < -0.3 is 16.0 Å². The Labute approximate surface area is 154 Å². The molecule has 1 fully saturated rings. The molecule has 1 spiro atoms. The van der Waals surface area contributed by atoms with Gasteiger partial charge in [0.1, 0.15) is 0 Å². The van der Waals surface area contributed by atoms with Crippen molar-refractivity contribution >= 4 is 17.7 Å². The molecule has 26 heavy (non-hydrogen) atoms. The van der Waals surface area contributed by atoms with Crippen LogP contribution in [0.1, 0.15) is 29.5 Å². The van der Waals surface area contributed by atoms with Crippen LogP contribution >= 0.6 is 0 Å². The third kappa shape index (κ3) is 2.49. The Kier molecular flexibility index (Phi) is 4.03. The van der Waals surface area contributed by atoms with Crippen LogP contribution in [0.4, 0.5) is 0 Å². The van der Waals surface area contributed by atoms with Crippen LogP contribution in [0.2, 0.25) is 0 Å². The number of aliphatic imine (C=N–C) groups is 1. The zero-order chi connectivity index (χ0) is 18.1. The highest BCUT2D eigenvalue weighted by Gasteiger charge is 2.54. The van der Waals surface area contributed by atoms with Crippen LogP contribution < -0.4 is 11.1 Å². The lowest BCUT2D eigenvalue weighted by Crippen LogP contribution is -2.56. The van der Waals surface area contributed by atoms with E-state index in [9.17, 15) is 0 Å². The van der Waals surface area contributed by atoms with Gasteiger partial charge in [-0.15, -0.1) is 0 Å². The molecule has 2 aliphatic rings. The second-order valence-corrected chi connectivity index (χ2v) is 7.01. The van der Waals surface area contributed by atoms with Gasteiger partial charge in [-0.05, 0) is 24.0 Å². The smallest absolute Gasteiger partial charge is 0.0898 e. The maximum atomic E-state index is 6.19. The van der Waals surface area contributed by atoms with E-state index in [-0.39, 0.29) is 5.54 Å². The van der Waals surface area contributed by atoms with Crippen LogP contribution in [0.25, 0.3) is 11.4 Å². The van der Waals surface area contributed by atoms with E-state index in [4.69, 9.17) is 5.73 Å². The van der Waals surface area contributed by atoms with E-state index in [2.05, 4.69) is 46.1 Å². The number of hydrogen-bond acceptors (Lipinski definition) is 3. The lowest BCUT2D eigenvalue weighted by molar-refractivity contribution is 0.0968. The molecule has 2 aromatic carbocycles. The van der Waals surface area contributed by atoms with E-state index in [1.165, 1.54) is 11.1 Å². The largest absolute Gasteiger partial charge is 0.397 e. The van der Waals surface area contributed by atoms with Gasteiger partial charge in [-0.1, -0.05) is 61.2 Å². The topological polar surface area (TPSA) is 53.6 Å². The summed E-state index contributed by atoms with van der Waals surface area (Å²) in [5.41, 5.74) is 11.6. The van der Waals surface area contributed by atoms with Gasteiger partial charge in [0.05, 0.1) is 17.6 Å². The van der Waals surface area contributed by atoms with Crippen LogP contribution in [0.5, 0.6) is 0 Å². The average Bonchev–Trinajstić information content (AvgIpc) is 2.89. The summed E-state index contributed by atoms with van der Waals surface area (Å²) >= 11 is 0. The fraction of sp³-hybridized carbons (Fsp3) is 0.227. The van der Waals surface area contributed by atoms with Gasteiger partial charge in [0, 0.05) is 30.5 Å². The van der Waals surface area contributed by atoms with Gasteiger partial charge in [-0.3, -0.25) is 4.99 Å². The van der Waals surface area contributed by atoms with Crippen molar-refractivity contribution in [1.82, 2.24) is 10.2 Å². The van der Waals surface area contributed by atoms with Crippen molar-refractivity contribution in [3.05, 3.63) is 84.1 Å². The summed E-state index contributed by atoms with van der Waals surface area (Å²) in [6.07, 6.45) is 5.83. The predicted octanol–water partition coefficient (Wildman–Crippen LogP) is 3.54. The lowest BCUT2D eigenvalue weighted by atomic mass is 9.68. The Balaban J connectivity index is 1.52. The molecule has 1 aliphatic heterocycles. The number of nitrogens with two attached hydrogens (primary N) is 1. The molecule has 2 aromatic rings. The van der Waals surface area contributed by atoms with Crippen molar-refractivity contribution in [2.45, 2.75) is 24.4 Å². The third-order valence-electron chi connectivity index (χ3n) is 5.47. The summed E-state index contributed by atoms with van der Waals surface area (Å²) in [7, 11) is 1.81. The number of nitrogens with one attached hydrogen (secondary N) is 1. The third-order valence-corrected chi connectivity index (χ3v) is 5.47. The predicted molar refractivity (Wildman–Crippen MR) is 108 cm³/mol. The van der Waals surface area contributed by atoms with Crippen molar-refractivity contribution in [3.63, 3.8) is 0 Å². The van der Waals surface area contributed by atoms with Gasteiger partial charge in [0.25, 0.3) is 0 Å². The van der Waals surface area contributed by atoms with E-state index in [1.54, 1.807) is 0 Å². The van der Waals surface area contributed by atoms with E-state index in [1.807, 2.05) is 49.9 Å². The second-order valence-electron chi connectivity index (χ2n) is 7.01. The molecule has 1 heterocycles. The van der Waals surface area contributed by atoms with E-state index in [0.717, 1.165) is 29.8 Å². The number of rotatable bonds is 4. The van der Waals surface area contributed by atoms with Crippen LogP contribution in [0.3, 0.4) is 0 Å². The Morgan fingerprint density at radius 2 is 1.88 bits per heavy atom. The van der Waals surface area contributed by atoms with Crippen LogP contribution in [-0.2, 0) is 5.54 Å². The van der Waals surface area contributed by atoms with Crippen molar-refractivity contribution in [2.75, 3.05) is 7.05 Å². The molecule has 1 saturated carbocycles. The molecule has 0 aromatic heterocycles. The minimum absolute atomic E-state index is 0.0415. The number of benzene rings is 2. The first kappa shape index (κ1) is 16.5. The molecular weight excluding hydrogens is 320 g/mol. The molecule has 0 radical (unpaired) electrons. The maximum Gasteiger partial charge on any atom is 0.0898 e. The van der Waals surface area contributed by atoms with E-state index < -0.39 is 0 Å². The molecule has 3 N–H and O–H groups in total. The van der Waals surface area contributed by atoms with Gasteiger partial charge in [-0.2, -0.15) is 0 Å². The van der Waals surface area contributed by atoms with Crippen molar-refractivity contribution in [3.8, 4) is 0 Å². The normalized spacial score (nSPS) is 24.8. The second kappa shape index (κ2) is 6.37. The van der Waals surface area contributed by atoms with Crippen molar-refractivity contribution < 1.29 is 0 Å². The zero-order valence-electron chi connectivity index (χ0n) is 15.0. The highest BCUT2D eigenvalue weighted by molar-refractivity contribution is 5.83. The Hall–Kier alpha value is -3.01. The van der Waals surface area contributed by atoms with E-state index >= 15 is 0 Å². The summed E-state index contributed by atoms with van der Waals surface area (Å²) in [6, 6.07) is 19.0. The summed E-state index contributed by atoms with van der Waals surface area (Å²) in [5, 5.41) is 3.49. The molecule has 132 valence electrons. The van der Waals surface area contributed by atoms with Crippen molar-refractivity contribution in [1.29, 1.82) is 0 Å². The first-order chi connectivity index (χ1) is 12.7. The minimum atomic E-state index is -0.0415. The summed E-state index contributed by atoms with van der Waals surface area (Å²) in [6.45, 7) is 4.29. The molecule has 0 bridgehead atoms. The van der Waals surface area contributed by atoms with E-state index in [0.29, 0.717) is 6.04 Å². The minimum Gasteiger partial charge on any atom is -0.397 e. The first-order valence-electron chi connectivity index (χ1n) is 8.93. The van der Waals surface area contributed by atoms with Crippen LogP contribution in [0.15, 0.2) is 72.4 Å². The quantitative estimate of drug-likeness (QED) is 0.659. The molecule has 0 saturated heterocycles. The Morgan fingerprint density at radius 3 is 2.62 bits per heavy atom. The molecule has 1 aliphatic carbocycles. The van der Waals surface area contributed by atoms with Gasteiger partial charge in [-0.25, -0.2) is 0 Å². The molecule has 4 rings (SSSR count). The molecule has 0 atom stereocenters. The molecule has 0 unspecified atom stereocenters. The van der Waals surface area contributed by atoms with Gasteiger partial charge in [0.2, 0.25) is 0 Å². The molecule has 0 amide bonds. The summed E-state index contributed by atoms with van der Waals surface area (Å²) in [4.78, 5) is 6.49. The first-order valence-corrected chi connectivity index (χ1v) is 8.93. The summed E-state index contributed by atoms with van der Waals surface area (Å²) in [5.74, 6) is 0. The standard InChI is InChI=1S/C22H24N4/c1-16-19-10-6-7-11-20(19)22(26(16)15-24-2)12-18(13-22)25-14-21(23)17-8-4-3-5-9-17/h3-11,14-15,18,25H,1,12-13,23H2,2H3/b21-14-,24-15?. The Morgan fingerprint density at radius 1 is 1.19 bits per heavy atom. The van der Waals surface area contributed by atoms with Crippen LogP contribution in [-0.4, -0.2) is 24.3 Å². The van der Waals surface area contributed by atoms with Gasteiger partial charge in [0.15, 0.2) is 0 Å². The number of fused-ring (bicyclic) bond motifs is 2. The SMILES string of the molecule is C=C1c2ccccc2C2(CC(N/C=C(\N)c3ccccc3)C2)N1C=NC. The molecule has 4 nitrogen and oxygen atoms in total. The molecule has 4 heteroatoms. The average molecular weight is 344 g/mol. The fourth-order valence-electron chi connectivity index (χ4n) is 4.17. The number of hydrogen-bond donors (Lipinski definition) is 2. The zero-order valence-corrected chi connectivity index (χ0v) is 15.0. The Bertz CT molecular complexity index is 876. The maximum absolute atomic E-state index is 6.19. The number of nitrogens with zero attached hydrogens (tertiary/aromatic N) is 2. The monoisotopic (exact) mass is 344 g/mol. The van der Waals surface area contributed by atoms with Crippen molar-refractivity contribution in [2.24, 2.45) is 10.7 Å².